The summed E-state index contributed by atoms with van der Waals surface area (Å²) in [7, 11) is 0. The topological polar surface area (TPSA) is 93.5 Å². The van der Waals surface area contributed by atoms with Crippen LogP contribution in [-0.2, 0) is 6.54 Å². The number of nitrogens with zero attached hydrogens (tertiary/aromatic N) is 5. The standard InChI is InChI=1S/C23H21N7/c24-11-18-4-5-19(12-26-18)29-23-14-27-21(13-28-23)22-2-1-9-30(22)15-16-3-6-20-17(10-16)7-8-25-20/h3-8,10,12-14,22,25H,1-2,9,15H2,(H,28,29)/t22-/m1/s1. The zero-order valence-corrected chi connectivity index (χ0v) is 16.4. The van der Waals surface area contributed by atoms with Crippen LogP contribution in [0.1, 0.15) is 35.8 Å². The highest BCUT2D eigenvalue weighted by molar-refractivity contribution is 5.79. The van der Waals surface area contributed by atoms with Gasteiger partial charge in [-0.3, -0.25) is 9.88 Å². The molecule has 0 saturated carbocycles. The predicted molar refractivity (Wildman–Crippen MR) is 115 cm³/mol. The van der Waals surface area contributed by atoms with Gasteiger partial charge in [0.15, 0.2) is 0 Å². The van der Waals surface area contributed by atoms with Gasteiger partial charge in [0.05, 0.1) is 36.0 Å². The molecule has 0 amide bonds. The average Bonchev–Trinajstić information content (AvgIpc) is 3.44. The Morgan fingerprint density at radius 3 is 2.87 bits per heavy atom. The van der Waals surface area contributed by atoms with E-state index in [1.54, 1.807) is 24.5 Å². The van der Waals surface area contributed by atoms with Crippen LogP contribution in [-0.4, -0.2) is 31.4 Å². The van der Waals surface area contributed by atoms with Crippen LogP contribution >= 0.6 is 0 Å². The van der Waals surface area contributed by atoms with Gasteiger partial charge in [0.2, 0.25) is 0 Å². The summed E-state index contributed by atoms with van der Waals surface area (Å²) in [5, 5.41) is 13.3. The van der Waals surface area contributed by atoms with E-state index in [9.17, 15) is 0 Å². The molecule has 1 aromatic carbocycles. The number of pyridine rings is 1. The van der Waals surface area contributed by atoms with Gasteiger partial charge in [-0.1, -0.05) is 6.07 Å². The Balaban J connectivity index is 1.28. The summed E-state index contributed by atoms with van der Waals surface area (Å²) in [6.45, 7) is 1.97. The van der Waals surface area contributed by atoms with Crippen molar-refractivity contribution in [2.75, 3.05) is 11.9 Å². The molecule has 0 bridgehead atoms. The van der Waals surface area contributed by atoms with Crippen molar-refractivity contribution in [3.63, 3.8) is 0 Å². The van der Waals surface area contributed by atoms with Crippen LogP contribution in [0, 0.1) is 11.3 Å². The number of hydrogen-bond acceptors (Lipinski definition) is 6. The number of aromatic nitrogens is 4. The molecule has 30 heavy (non-hydrogen) atoms. The largest absolute Gasteiger partial charge is 0.361 e. The average molecular weight is 395 g/mol. The van der Waals surface area contributed by atoms with Gasteiger partial charge < -0.3 is 10.3 Å². The molecular formula is C23H21N7. The van der Waals surface area contributed by atoms with E-state index >= 15 is 0 Å². The smallest absolute Gasteiger partial charge is 0.148 e. The quantitative estimate of drug-likeness (QED) is 0.523. The van der Waals surface area contributed by atoms with Gasteiger partial charge in [-0.2, -0.15) is 5.26 Å². The molecule has 3 aromatic heterocycles. The summed E-state index contributed by atoms with van der Waals surface area (Å²) in [4.78, 5) is 19.0. The van der Waals surface area contributed by atoms with Gasteiger partial charge >= 0.3 is 0 Å². The summed E-state index contributed by atoms with van der Waals surface area (Å²) in [6, 6.07) is 14.5. The fourth-order valence-electron chi connectivity index (χ4n) is 4.04. The summed E-state index contributed by atoms with van der Waals surface area (Å²) in [5.41, 5.74) is 4.65. The first-order valence-electron chi connectivity index (χ1n) is 10.0. The number of benzene rings is 1. The van der Waals surface area contributed by atoms with Crippen molar-refractivity contribution in [2.24, 2.45) is 0 Å². The van der Waals surface area contributed by atoms with E-state index < -0.39 is 0 Å². The third kappa shape index (κ3) is 3.73. The Morgan fingerprint density at radius 2 is 2.07 bits per heavy atom. The molecule has 7 heteroatoms. The van der Waals surface area contributed by atoms with Gasteiger partial charge in [-0.15, -0.1) is 0 Å². The Hall–Kier alpha value is -3.76. The summed E-state index contributed by atoms with van der Waals surface area (Å²) in [5.74, 6) is 0.660. The van der Waals surface area contributed by atoms with Crippen LogP contribution in [0.3, 0.4) is 0 Å². The number of nitriles is 1. The van der Waals surface area contributed by atoms with Crippen LogP contribution in [0.15, 0.2) is 61.2 Å². The molecule has 7 nitrogen and oxygen atoms in total. The number of hydrogen-bond donors (Lipinski definition) is 2. The van der Waals surface area contributed by atoms with Crippen LogP contribution in [0.5, 0.6) is 0 Å². The highest BCUT2D eigenvalue weighted by Crippen LogP contribution is 2.32. The first-order valence-corrected chi connectivity index (χ1v) is 10.0. The van der Waals surface area contributed by atoms with Gasteiger partial charge in [0, 0.05) is 18.3 Å². The molecule has 2 N–H and O–H groups in total. The van der Waals surface area contributed by atoms with Gasteiger partial charge in [0.25, 0.3) is 0 Å². The second-order valence-electron chi connectivity index (χ2n) is 7.52. The van der Waals surface area contributed by atoms with Crippen molar-refractivity contribution in [2.45, 2.75) is 25.4 Å². The molecule has 4 heterocycles. The van der Waals surface area contributed by atoms with E-state index in [2.05, 4.69) is 54.4 Å². The Bertz CT molecular complexity index is 1190. The van der Waals surface area contributed by atoms with Crippen molar-refractivity contribution >= 4 is 22.4 Å². The van der Waals surface area contributed by atoms with Crippen molar-refractivity contribution in [1.29, 1.82) is 5.26 Å². The fraction of sp³-hybridized carbons (Fsp3) is 0.217. The molecule has 1 atom stereocenters. The SMILES string of the molecule is N#Cc1ccc(Nc2cnc([C@H]3CCCN3Cc3ccc4[nH]ccc4c3)cn2)cn1. The van der Waals surface area contributed by atoms with Crippen LogP contribution in [0.4, 0.5) is 11.5 Å². The van der Waals surface area contributed by atoms with E-state index in [0.29, 0.717) is 11.5 Å². The Kier molecular flexibility index (Phi) is 4.83. The zero-order chi connectivity index (χ0) is 20.3. The van der Waals surface area contributed by atoms with Gasteiger partial charge in [-0.25, -0.2) is 9.97 Å². The lowest BCUT2D eigenvalue weighted by Crippen LogP contribution is -2.23. The zero-order valence-electron chi connectivity index (χ0n) is 16.4. The maximum atomic E-state index is 8.84. The monoisotopic (exact) mass is 395 g/mol. The lowest BCUT2D eigenvalue weighted by atomic mass is 10.1. The lowest BCUT2D eigenvalue weighted by Gasteiger charge is -2.24. The van der Waals surface area contributed by atoms with E-state index in [1.165, 1.54) is 16.5 Å². The lowest BCUT2D eigenvalue weighted by molar-refractivity contribution is 0.244. The first kappa shape index (κ1) is 18.3. The second kappa shape index (κ2) is 7.93. The minimum Gasteiger partial charge on any atom is -0.361 e. The molecule has 4 aromatic rings. The van der Waals surface area contributed by atoms with E-state index in [4.69, 9.17) is 5.26 Å². The Morgan fingerprint density at radius 1 is 1.10 bits per heavy atom. The molecule has 5 rings (SSSR count). The summed E-state index contributed by atoms with van der Waals surface area (Å²) in [6.07, 6.45) is 9.47. The van der Waals surface area contributed by atoms with Crippen LogP contribution in [0.25, 0.3) is 10.9 Å². The summed E-state index contributed by atoms with van der Waals surface area (Å²) < 4.78 is 0. The molecule has 1 saturated heterocycles. The highest BCUT2D eigenvalue weighted by Gasteiger charge is 2.27. The van der Waals surface area contributed by atoms with E-state index in [0.717, 1.165) is 37.3 Å². The van der Waals surface area contributed by atoms with Gasteiger partial charge in [0.1, 0.15) is 17.6 Å². The maximum Gasteiger partial charge on any atom is 0.148 e. The second-order valence-corrected chi connectivity index (χ2v) is 7.52. The molecule has 1 aliphatic heterocycles. The molecule has 148 valence electrons. The molecule has 0 unspecified atom stereocenters. The molecular weight excluding hydrogens is 374 g/mol. The van der Waals surface area contributed by atoms with E-state index in [1.807, 2.05) is 18.5 Å². The number of rotatable bonds is 5. The van der Waals surface area contributed by atoms with Crippen molar-refractivity contribution in [1.82, 2.24) is 24.8 Å². The molecule has 1 aliphatic rings. The normalized spacial score (nSPS) is 16.6. The molecule has 0 radical (unpaired) electrons. The third-order valence-electron chi connectivity index (χ3n) is 5.53. The summed E-state index contributed by atoms with van der Waals surface area (Å²) >= 11 is 0. The number of nitrogens with one attached hydrogen (secondary N) is 2. The third-order valence-corrected chi connectivity index (χ3v) is 5.53. The molecule has 1 fully saturated rings. The fourth-order valence-corrected chi connectivity index (χ4v) is 4.04. The number of likely N-dealkylation sites (tertiary alicyclic amines) is 1. The minimum atomic E-state index is 0.282. The molecule has 0 aliphatic carbocycles. The number of fused-ring (bicyclic) bond motifs is 1. The highest BCUT2D eigenvalue weighted by atomic mass is 15.2. The Labute approximate surface area is 174 Å². The van der Waals surface area contributed by atoms with Gasteiger partial charge in [-0.05, 0) is 60.7 Å². The van der Waals surface area contributed by atoms with Crippen molar-refractivity contribution in [3.8, 4) is 6.07 Å². The predicted octanol–water partition coefficient (Wildman–Crippen LogP) is 4.31. The minimum absolute atomic E-state index is 0.282. The van der Waals surface area contributed by atoms with Crippen LogP contribution in [0.2, 0.25) is 0 Å². The van der Waals surface area contributed by atoms with E-state index in [-0.39, 0.29) is 6.04 Å². The number of aromatic amines is 1. The number of H-pyrrole nitrogens is 1. The maximum absolute atomic E-state index is 8.84. The molecule has 0 spiro atoms. The van der Waals surface area contributed by atoms with Crippen molar-refractivity contribution < 1.29 is 0 Å². The van der Waals surface area contributed by atoms with Crippen LogP contribution < -0.4 is 5.32 Å². The van der Waals surface area contributed by atoms with Crippen molar-refractivity contribution in [3.05, 3.63) is 78.1 Å². The first-order chi connectivity index (χ1) is 14.8. The number of anilines is 2.